The zero-order valence-corrected chi connectivity index (χ0v) is 22.4. The molecule has 200 valence electrons. The zero-order valence-electron chi connectivity index (χ0n) is 22.4. The summed E-state index contributed by atoms with van der Waals surface area (Å²) in [4.78, 5) is 35.0. The van der Waals surface area contributed by atoms with Gasteiger partial charge < -0.3 is 9.88 Å². The second kappa shape index (κ2) is 10.9. The molecule has 3 heterocycles. The Kier molecular flexibility index (Phi) is 7.25. The summed E-state index contributed by atoms with van der Waals surface area (Å²) in [6.07, 6.45) is 7.44. The molecule has 0 aliphatic rings. The van der Waals surface area contributed by atoms with Crippen LogP contribution < -0.4 is 10.9 Å². The Labute approximate surface area is 230 Å². The van der Waals surface area contributed by atoms with Gasteiger partial charge in [0.1, 0.15) is 5.82 Å². The summed E-state index contributed by atoms with van der Waals surface area (Å²) in [6.45, 7) is 5.73. The van der Waals surface area contributed by atoms with Gasteiger partial charge in [0, 0.05) is 29.3 Å². The van der Waals surface area contributed by atoms with Crippen LogP contribution in [0.15, 0.2) is 78.1 Å². The van der Waals surface area contributed by atoms with Crippen LogP contribution >= 0.6 is 0 Å². The summed E-state index contributed by atoms with van der Waals surface area (Å²) in [5, 5.41) is 12.9. The average Bonchev–Trinajstić information content (AvgIpc) is 3.30. The largest absolute Gasteiger partial charge is 0.315 e. The molecule has 40 heavy (non-hydrogen) atoms. The Morgan fingerprint density at radius 1 is 1.15 bits per heavy atom. The van der Waals surface area contributed by atoms with E-state index < -0.39 is 5.56 Å². The molecule has 1 amide bonds. The van der Waals surface area contributed by atoms with Gasteiger partial charge in [-0.05, 0) is 60.9 Å². The van der Waals surface area contributed by atoms with Crippen LogP contribution in [0.5, 0.6) is 0 Å². The third kappa shape index (κ3) is 5.12. The lowest BCUT2D eigenvalue weighted by Gasteiger charge is -2.16. The summed E-state index contributed by atoms with van der Waals surface area (Å²) in [6, 6.07) is 15.6. The lowest BCUT2D eigenvalue weighted by Crippen LogP contribution is -2.30. The third-order valence-electron chi connectivity index (χ3n) is 7.01. The number of nitrogens with zero attached hydrogens (tertiary/aromatic N) is 5. The molecule has 0 aliphatic heterocycles. The van der Waals surface area contributed by atoms with Crippen molar-refractivity contribution in [2.75, 3.05) is 5.32 Å². The second-order valence-electron chi connectivity index (χ2n) is 9.77. The number of hydrogen-bond acceptors (Lipinski definition) is 5. The summed E-state index contributed by atoms with van der Waals surface area (Å²) in [5.41, 5.74) is 4.34. The Morgan fingerprint density at radius 3 is 2.75 bits per heavy atom. The van der Waals surface area contributed by atoms with Crippen molar-refractivity contribution in [3.63, 3.8) is 0 Å². The number of nitrogens with one attached hydrogen (secondary N) is 1. The number of amides is 1. The van der Waals surface area contributed by atoms with Crippen molar-refractivity contribution in [2.24, 2.45) is 5.92 Å². The van der Waals surface area contributed by atoms with Gasteiger partial charge in [-0.2, -0.15) is 5.26 Å². The van der Waals surface area contributed by atoms with E-state index in [1.807, 2.05) is 30.7 Å². The normalized spacial score (nSPS) is 11.8. The van der Waals surface area contributed by atoms with E-state index in [-0.39, 0.29) is 30.0 Å². The minimum absolute atomic E-state index is 0.0661. The average molecular weight is 535 g/mol. The van der Waals surface area contributed by atoms with Gasteiger partial charge in [-0.1, -0.05) is 26.0 Å². The molecule has 0 spiro atoms. The maximum atomic E-state index is 13.9. The van der Waals surface area contributed by atoms with Crippen molar-refractivity contribution in [3.8, 4) is 23.0 Å². The first-order chi connectivity index (χ1) is 19.3. The number of hydrogen-bond donors (Lipinski definition) is 1. The molecule has 0 fully saturated rings. The van der Waals surface area contributed by atoms with E-state index in [1.165, 1.54) is 22.9 Å². The van der Waals surface area contributed by atoms with Gasteiger partial charge in [-0.15, -0.1) is 0 Å². The number of pyridine rings is 1. The van der Waals surface area contributed by atoms with Crippen LogP contribution in [0.1, 0.15) is 37.0 Å². The maximum absolute atomic E-state index is 13.9. The fourth-order valence-corrected chi connectivity index (χ4v) is 4.59. The highest BCUT2D eigenvalue weighted by Crippen LogP contribution is 2.26. The van der Waals surface area contributed by atoms with Crippen LogP contribution in [0.25, 0.3) is 27.8 Å². The van der Waals surface area contributed by atoms with E-state index in [2.05, 4.69) is 21.4 Å². The summed E-state index contributed by atoms with van der Waals surface area (Å²) in [7, 11) is 0. The van der Waals surface area contributed by atoms with E-state index in [0.29, 0.717) is 23.2 Å². The monoisotopic (exact) mass is 534 g/mol. The van der Waals surface area contributed by atoms with Crippen molar-refractivity contribution in [2.45, 2.75) is 33.7 Å². The van der Waals surface area contributed by atoms with Gasteiger partial charge in [-0.3, -0.25) is 19.1 Å². The smallest absolute Gasteiger partial charge is 0.294 e. The molecule has 0 aliphatic carbocycles. The van der Waals surface area contributed by atoms with Gasteiger partial charge in [0.2, 0.25) is 5.91 Å². The molecule has 9 heteroatoms. The SMILES string of the molecule is CC[C@@H](C)C(=O)Nc1ncc(-c2cccc(C#N)c2)n(Cc2cncc(-n3cc(C)c4cc(F)ccc43)c2)c1=O. The van der Waals surface area contributed by atoms with Crippen LogP contribution in [0, 0.1) is 30.0 Å². The molecule has 5 aromatic rings. The number of aromatic nitrogens is 4. The summed E-state index contributed by atoms with van der Waals surface area (Å²) < 4.78 is 17.3. The first kappa shape index (κ1) is 26.5. The second-order valence-corrected chi connectivity index (χ2v) is 9.77. The molecule has 5 rings (SSSR count). The van der Waals surface area contributed by atoms with E-state index in [4.69, 9.17) is 0 Å². The summed E-state index contributed by atoms with van der Waals surface area (Å²) in [5.74, 6) is -0.936. The zero-order chi connectivity index (χ0) is 28.4. The minimum Gasteiger partial charge on any atom is -0.315 e. The number of nitriles is 1. The fraction of sp³-hybridized carbons (Fsp3) is 0.194. The number of aryl methyl sites for hydroxylation is 1. The molecule has 0 radical (unpaired) electrons. The standard InChI is InChI=1S/C31H27FN6O2/c1-4-19(2)30(39)36-29-31(40)38(28(16-35-29)23-7-5-6-21(10-23)13-33)18-22-11-25(15-34-14-22)37-17-20(3)26-12-24(32)8-9-27(26)37/h5-12,14-17,19H,4,18H2,1-3H3,(H,35,36,39)/t19-/m1/s1. The highest BCUT2D eigenvalue weighted by molar-refractivity contribution is 5.91. The van der Waals surface area contributed by atoms with Crippen molar-refractivity contribution in [3.05, 3.63) is 106 Å². The molecule has 1 N–H and O–H groups in total. The lowest BCUT2D eigenvalue weighted by atomic mass is 10.1. The Hall–Kier alpha value is -5.10. The highest BCUT2D eigenvalue weighted by Gasteiger charge is 2.18. The van der Waals surface area contributed by atoms with E-state index in [1.54, 1.807) is 49.6 Å². The Bertz CT molecular complexity index is 1850. The molecule has 0 bridgehead atoms. The van der Waals surface area contributed by atoms with Crippen molar-refractivity contribution < 1.29 is 9.18 Å². The number of rotatable bonds is 7. The minimum atomic E-state index is -0.473. The number of carbonyl (C=O) groups excluding carboxylic acids is 1. The van der Waals surface area contributed by atoms with Crippen LogP contribution in [-0.2, 0) is 11.3 Å². The quantitative estimate of drug-likeness (QED) is 0.293. The summed E-state index contributed by atoms with van der Waals surface area (Å²) >= 11 is 0. The van der Waals surface area contributed by atoms with E-state index in [0.717, 1.165) is 27.7 Å². The molecule has 1 atom stereocenters. The van der Waals surface area contributed by atoms with Gasteiger partial charge in [0.05, 0.1) is 47.5 Å². The predicted octanol–water partition coefficient (Wildman–Crippen LogP) is 5.60. The van der Waals surface area contributed by atoms with E-state index >= 15 is 0 Å². The van der Waals surface area contributed by atoms with Gasteiger partial charge >= 0.3 is 0 Å². The van der Waals surface area contributed by atoms with E-state index in [9.17, 15) is 19.2 Å². The molecule has 2 aromatic carbocycles. The first-order valence-corrected chi connectivity index (χ1v) is 12.9. The van der Waals surface area contributed by atoms with Crippen molar-refractivity contribution in [1.82, 2.24) is 19.1 Å². The molecule has 0 saturated carbocycles. The molecular formula is C31H27FN6O2. The predicted molar refractivity (Wildman–Crippen MR) is 152 cm³/mol. The maximum Gasteiger partial charge on any atom is 0.294 e. The van der Waals surface area contributed by atoms with Crippen LogP contribution in [-0.4, -0.2) is 25.0 Å². The van der Waals surface area contributed by atoms with Crippen molar-refractivity contribution in [1.29, 1.82) is 5.26 Å². The molecule has 0 saturated heterocycles. The van der Waals surface area contributed by atoms with Gasteiger partial charge in [0.25, 0.3) is 5.56 Å². The number of fused-ring (bicyclic) bond motifs is 1. The Balaban J connectivity index is 1.60. The topological polar surface area (TPSA) is 106 Å². The first-order valence-electron chi connectivity index (χ1n) is 12.9. The molecule has 3 aromatic heterocycles. The van der Waals surface area contributed by atoms with Crippen LogP contribution in [0.4, 0.5) is 10.2 Å². The third-order valence-corrected chi connectivity index (χ3v) is 7.01. The number of carbonyl (C=O) groups is 1. The van der Waals surface area contributed by atoms with Crippen LogP contribution in [0.3, 0.4) is 0 Å². The van der Waals surface area contributed by atoms with Gasteiger partial charge in [-0.25, -0.2) is 9.37 Å². The Morgan fingerprint density at radius 2 is 1.98 bits per heavy atom. The number of anilines is 1. The molecular weight excluding hydrogens is 507 g/mol. The fourth-order valence-electron chi connectivity index (χ4n) is 4.59. The van der Waals surface area contributed by atoms with Crippen molar-refractivity contribution >= 4 is 22.6 Å². The van der Waals surface area contributed by atoms with Crippen LogP contribution in [0.2, 0.25) is 0 Å². The molecule has 8 nitrogen and oxygen atoms in total. The highest BCUT2D eigenvalue weighted by atomic mass is 19.1. The molecule has 0 unspecified atom stereocenters. The lowest BCUT2D eigenvalue weighted by molar-refractivity contribution is -0.119. The number of benzene rings is 2. The van der Waals surface area contributed by atoms with Gasteiger partial charge in [0.15, 0.2) is 5.82 Å². The number of halogens is 1.